The van der Waals surface area contributed by atoms with Crippen molar-refractivity contribution in [3.63, 3.8) is 0 Å². The van der Waals surface area contributed by atoms with E-state index < -0.39 is 0 Å². The number of rotatable bonds is 5. The molecule has 0 aromatic heterocycles. The van der Waals surface area contributed by atoms with Crippen molar-refractivity contribution in [2.45, 2.75) is 56.7 Å². The summed E-state index contributed by atoms with van der Waals surface area (Å²) in [5.74, 6) is 0. The molecule has 0 saturated heterocycles. The summed E-state index contributed by atoms with van der Waals surface area (Å²) in [7, 11) is 0. The van der Waals surface area contributed by atoms with Crippen LogP contribution in [0.4, 0.5) is 4.79 Å². The molecule has 5 nitrogen and oxygen atoms in total. The van der Waals surface area contributed by atoms with Gasteiger partial charge in [-0.25, -0.2) is 4.79 Å². The van der Waals surface area contributed by atoms with E-state index in [-0.39, 0.29) is 24.2 Å². The smallest absolute Gasteiger partial charge is 0.315 e. The van der Waals surface area contributed by atoms with Gasteiger partial charge in [0.05, 0.1) is 18.2 Å². The van der Waals surface area contributed by atoms with Gasteiger partial charge >= 0.3 is 6.03 Å². The molecule has 0 bridgehead atoms. The van der Waals surface area contributed by atoms with Crippen molar-refractivity contribution in [3.8, 4) is 6.07 Å². The third-order valence-electron chi connectivity index (χ3n) is 4.08. The van der Waals surface area contributed by atoms with Crippen molar-refractivity contribution >= 4 is 6.03 Å². The molecule has 1 fully saturated rings. The molecule has 22 heavy (non-hydrogen) atoms. The maximum atomic E-state index is 12.2. The Balaban J connectivity index is 1.89. The van der Waals surface area contributed by atoms with Gasteiger partial charge in [0.15, 0.2) is 0 Å². The number of carbonyl (C=O) groups is 1. The van der Waals surface area contributed by atoms with Gasteiger partial charge in [-0.3, -0.25) is 0 Å². The van der Waals surface area contributed by atoms with Crippen LogP contribution in [0.3, 0.4) is 0 Å². The summed E-state index contributed by atoms with van der Waals surface area (Å²) in [4.78, 5) is 12.2. The Morgan fingerprint density at radius 1 is 1.27 bits per heavy atom. The standard InChI is InChI=1S/C17H23N3O2/c18-12-4-7-16(13-5-2-1-3-6-13)20-17(22)19-14-8-10-15(21)11-9-14/h1-3,5-6,14-16,21H,4,7-11H2,(H2,19,20,22). The number of nitriles is 1. The molecule has 1 unspecified atom stereocenters. The number of aliphatic hydroxyl groups is 1. The molecule has 0 spiro atoms. The Kier molecular flexibility index (Phi) is 6.23. The summed E-state index contributed by atoms with van der Waals surface area (Å²) in [5.41, 5.74) is 1.01. The fraction of sp³-hybridized carbons (Fsp3) is 0.529. The van der Waals surface area contributed by atoms with E-state index in [1.807, 2.05) is 30.3 Å². The van der Waals surface area contributed by atoms with Crippen LogP contribution in [0.5, 0.6) is 0 Å². The minimum atomic E-state index is -0.228. The quantitative estimate of drug-likeness (QED) is 0.781. The molecular weight excluding hydrogens is 278 g/mol. The number of benzene rings is 1. The van der Waals surface area contributed by atoms with E-state index in [2.05, 4.69) is 16.7 Å². The molecule has 1 aromatic carbocycles. The van der Waals surface area contributed by atoms with Crippen molar-refractivity contribution in [1.29, 1.82) is 5.26 Å². The van der Waals surface area contributed by atoms with Gasteiger partial charge in [0, 0.05) is 12.5 Å². The van der Waals surface area contributed by atoms with Gasteiger partial charge < -0.3 is 15.7 Å². The molecule has 0 aliphatic heterocycles. The van der Waals surface area contributed by atoms with E-state index in [1.54, 1.807) is 0 Å². The maximum absolute atomic E-state index is 12.2. The molecule has 1 aliphatic rings. The number of nitrogens with one attached hydrogen (secondary N) is 2. The van der Waals surface area contributed by atoms with Crippen LogP contribution >= 0.6 is 0 Å². The molecule has 0 radical (unpaired) electrons. The van der Waals surface area contributed by atoms with E-state index in [9.17, 15) is 9.90 Å². The molecule has 5 heteroatoms. The van der Waals surface area contributed by atoms with E-state index in [1.165, 1.54) is 0 Å². The van der Waals surface area contributed by atoms with Crippen molar-refractivity contribution in [2.24, 2.45) is 0 Å². The number of hydrogen-bond acceptors (Lipinski definition) is 3. The van der Waals surface area contributed by atoms with Gasteiger partial charge in [-0.05, 0) is 37.7 Å². The molecule has 0 heterocycles. The van der Waals surface area contributed by atoms with Crippen LogP contribution in [0.25, 0.3) is 0 Å². The van der Waals surface area contributed by atoms with E-state index >= 15 is 0 Å². The highest BCUT2D eigenvalue weighted by molar-refractivity contribution is 5.74. The van der Waals surface area contributed by atoms with Crippen molar-refractivity contribution in [3.05, 3.63) is 35.9 Å². The molecular formula is C17H23N3O2. The minimum absolute atomic E-state index is 0.121. The zero-order chi connectivity index (χ0) is 15.8. The van der Waals surface area contributed by atoms with Gasteiger partial charge in [0.2, 0.25) is 0 Å². The van der Waals surface area contributed by atoms with E-state index in [0.717, 1.165) is 31.2 Å². The van der Waals surface area contributed by atoms with Crippen molar-refractivity contribution < 1.29 is 9.90 Å². The van der Waals surface area contributed by atoms with Gasteiger partial charge in [0.25, 0.3) is 0 Å². The van der Waals surface area contributed by atoms with Crippen LogP contribution in [-0.2, 0) is 0 Å². The van der Waals surface area contributed by atoms with Crippen LogP contribution in [0.1, 0.15) is 50.1 Å². The molecule has 1 atom stereocenters. The predicted octanol–water partition coefficient (Wildman–Crippen LogP) is 2.63. The Labute approximate surface area is 131 Å². The van der Waals surface area contributed by atoms with Crippen LogP contribution in [-0.4, -0.2) is 23.3 Å². The zero-order valence-electron chi connectivity index (χ0n) is 12.7. The predicted molar refractivity (Wildman–Crippen MR) is 84.0 cm³/mol. The molecule has 1 saturated carbocycles. The largest absolute Gasteiger partial charge is 0.393 e. The summed E-state index contributed by atoms with van der Waals surface area (Å²) >= 11 is 0. The molecule has 3 N–H and O–H groups in total. The lowest BCUT2D eigenvalue weighted by Crippen LogP contribution is -2.45. The van der Waals surface area contributed by atoms with Crippen LogP contribution in [0.15, 0.2) is 30.3 Å². The normalized spacial score (nSPS) is 22.4. The zero-order valence-corrected chi connectivity index (χ0v) is 12.7. The van der Waals surface area contributed by atoms with Crippen LogP contribution < -0.4 is 10.6 Å². The first-order valence-electron chi connectivity index (χ1n) is 7.86. The highest BCUT2D eigenvalue weighted by Gasteiger charge is 2.22. The van der Waals surface area contributed by atoms with Crippen LogP contribution in [0, 0.1) is 11.3 Å². The summed E-state index contributed by atoms with van der Waals surface area (Å²) in [6, 6.07) is 11.6. The molecule has 1 aliphatic carbocycles. The lowest BCUT2D eigenvalue weighted by molar-refractivity contribution is 0.117. The number of amides is 2. The second-order valence-electron chi connectivity index (χ2n) is 5.78. The fourth-order valence-corrected chi connectivity index (χ4v) is 2.82. The second-order valence-corrected chi connectivity index (χ2v) is 5.78. The van der Waals surface area contributed by atoms with E-state index in [0.29, 0.717) is 12.8 Å². The third kappa shape index (κ3) is 5.05. The average Bonchev–Trinajstić information content (AvgIpc) is 2.54. The topological polar surface area (TPSA) is 85.2 Å². The van der Waals surface area contributed by atoms with Crippen LogP contribution in [0.2, 0.25) is 0 Å². The first kappa shape index (κ1) is 16.3. The number of carbonyl (C=O) groups excluding carboxylic acids is 1. The van der Waals surface area contributed by atoms with Crippen molar-refractivity contribution in [1.82, 2.24) is 10.6 Å². The molecule has 2 amide bonds. The minimum Gasteiger partial charge on any atom is -0.393 e. The Morgan fingerprint density at radius 2 is 1.95 bits per heavy atom. The maximum Gasteiger partial charge on any atom is 0.315 e. The Morgan fingerprint density at radius 3 is 2.59 bits per heavy atom. The number of urea groups is 1. The molecule has 1 aromatic rings. The monoisotopic (exact) mass is 301 g/mol. The fourth-order valence-electron chi connectivity index (χ4n) is 2.82. The van der Waals surface area contributed by atoms with Crippen molar-refractivity contribution in [2.75, 3.05) is 0 Å². The molecule has 2 rings (SSSR count). The lowest BCUT2D eigenvalue weighted by atomic mass is 9.93. The first-order chi connectivity index (χ1) is 10.7. The Bertz CT molecular complexity index is 504. The van der Waals surface area contributed by atoms with E-state index in [4.69, 9.17) is 5.26 Å². The Hall–Kier alpha value is -2.06. The number of aliphatic hydroxyl groups excluding tert-OH is 1. The SMILES string of the molecule is N#CCCC(NC(=O)NC1CCC(O)CC1)c1ccccc1. The summed E-state index contributed by atoms with van der Waals surface area (Å²) in [5, 5.41) is 24.2. The van der Waals surface area contributed by atoms with Gasteiger partial charge in [-0.15, -0.1) is 0 Å². The van der Waals surface area contributed by atoms with Gasteiger partial charge in [-0.2, -0.15) is 5.26 Å². The summed E-state index contributed by atoms with van der Waals surface area (Å²) < 4.78 is 0. The second kappa shape index (κ2) is 8.40. The highest BCUT2D eigenvalue weighted by Crippen LogP contribution is 2.20. The number of hydrogen-bond donors (Lipinski definition) is 3. The first-order valence-corrected chi connectivity index (χ1v) is 7.86. The van der Waals surface area contributed by atoms with Gasteiger partial charge in [-0.1, -0.05) is 30.3 Å². The summed E-state index contributed by atoms with van der Waals surface area (Å²) in [6.45, 7) is 0. The lowest BCUT2D eigenvalue weighted by Gasteiger charge is -2.27. The summed E-state index contributed by atoms with van der Waals surface area (Å²) in [6.07, 6.45) is 3.86. The highest BCUT2D eigenvalue weighted by atomic mass is 16.3. The third-order valence-corrected chi connectivity index (χ3v) is 4.08. The average molecular weight is 301 g/mol. The number of nitrogens with zero attached hydrogens (tertiary/aromatic N) is 1. The molecule has 118 valence electrons. The van der Waals surface area contributed by atoms with Gasteiger partial charge in [0.1, 0.15) is 0 Å².